The number of nitrogens with two attached hydrogens (primary N) is 1. The lowest BCUT2D eigenvalue weighted by molar-refractivity contribution is 0.0996. The number of carbonyl (C=O) groups excluding carboxylic acids is 2. The maximum atomic E-state index is 12.1. The van der Waals surface area contributed by atoms with Crippen LogP contribution in [-0.4, -0.2) is 93.0 Å². The maximum Gasteiger partial charge on any atom is 0.317 e. The Labute approximate surface area is 210 Å². The fourth-order valence-corrected chi connectivity index (χ4v) is 5.47. The normalized spacial score (nSPS) is 19.4. The van der Waals surface area contributed by atoms with Gasteiger partial charge in [0.15, 0.2) is 21.3 Å². The third kappa shape index (κ3) is 6.14. The quantitative estimate of drug-likeness (QED) is 0.506. The van der Waals surface area contributed by atoms with Crippen LogP contribution in [0, 0.1) is 0 Å². The average Bonchev–Trinajstić information content (AvgIpc) is 2.84. The molecule has 2 aliphatic heterocycles. The van der Waals surface area contributed by atoms with Gasteiger partial charge in [-0.2, -0.15) is 0 Å². The van der Waals surface area contributed by atoms with Gasteiger partial charge in [-0.15, -0.1) is 0 Å². The van der Waals surface area contributed by atoms with Gasteiger partial charge in [-0.05, 0) is 37.1 Å². The van der Waals surface area contributed by atoms with Gasteiger partial charge in [0.2, 0.25) is 0 Å². The van der Waals surface area contributed by atoms with E-state index in [0.717, 1.165) is 25.1 Å². The molecule has 1 aromatic heterocycles. The number of benzene rings is 1. The number of nitrogens with zero attached hydrogens (tertiary/aromatic N) is 5. The van der Waals surface area contributed by atoms with Crippen LogP contribution in [0.3, 0.4) is 0 Å². The Morgan fingerprint density at radius 2 is 1.78 bits per heavy atom. The lowest BCUT2D eigenvalue weighted by Gasteiger charge is -2.34. The molecule has 2 aromatic rings. The third-order valence-corrected chi connectivity index (χ3v) is 7.92. The van der Waals surface area contributed by atoms with Crippen LogP contribution >= 0.6 is 0 Å². The second-order valence-electron chi connectivity index (χ2n) is 9.23. The van der Waals surface area contributed by atoms with Crippen molar-refractivity contribution in [1.29, 1.82) is 0 Å². The molecule has 2 saturated heterocycles. The highest BCUT2D eigenvalue weighted by atomic mass is 32.2. The molecule has 4 N–H and O–H groups in total. The molecule has 2 aliphatic rings. The van der Waals surface area contributed by atoms with Crippen molar-refractivity contribution < 1.29 is 18.0 Å². The number of nitrogens with one attached hydrogen (secondary N) is 2. The second-order valence-corrected chi connectivity index (χ2v) is 11.5. The molecule has 12 nitrogen and oxygen atoms in total. The minimum absolute atomic E-state index is 0.0264. The van der Waals surface area contributed by atoms with E-state index in [4.69, 9.17) is 5.73 Å². The number of piperidine rings is 1. The summed E-state index contributed by atoms with van der Waals surface area (Å²) in [4.78, 5) is 38.5. The van der Waals surface area contributed by atoms with Gasteiger partial charge in [-0.1, -0.05) is 0 Å². The fourth-order valence-electron chi connectivity index (χ4n) is 4.27. The number of aromatic nitrogens is 2. The SMILES string of the molecule is CN(C)C(=O)NC1CCCN(c2cnc(C(N)=O)c(Nc3ccc(N4CCS(=O)(=O)CC4)cc3)n2)C1. The van der Waals surface area contributed by atoms with Crippen molar-refractivity contribution >= 4 is 44.8 Å². The zero-order valence-corrected chi connectivity index (χ0v) is 21.3. The Kier molecular flexibility index (Phi) is 7.48. The minimum Gasteiger partial charge on any atom is -0.369 e. The zero-order valence-electron chi connectivity index (χ0n) is 20.5. The van der Waals surface area contributed by atoms with E-state index in [1.165, 1.54) is 11.1 Å². The van der Waals surface area contributed by atoms with E-state index in [1.807, 2.05) is 34.1 Å². The summed E-state index contributed by atoms with van der Waals surface area (Å²) < 4.78 is 23.4. The van der Waals surface area contributed by atoms with Gasteiger partial charge in [0.05, 0.1) is 17.7 Å². The predicted octanol–water partition coefficient (Wildman–Crippen LogP) is 0.794. The van der Waals surface area contributed by atoms with E-state index in [1.54, 1.807) is 14.1 Å². The molecule has 13 heteroatoms. The first kappa shape index (κ1) is 25.5. The molecular formula is C23H32N8O4S. The number of anilines is 4. The van der Waals surface area contributed by atoms with Crippen molar-refractivity contribution in [2.45, 2.75) is 18.9 Å². The van der Waals surface area contributed by atoms with E-state index in [-0.39, 0.29) is 35.1 Å². The first-order valence-corrected chi connectivity index (χ1v) is 13.7. The monoisotopic (exact) mass is 516 g/mol. The Bertz CT molecular complexity index is 1210. The van der Waals surface area contributed by atoms with E-state index in [0.29, 0.717) is 31.1 Å². The topological polar surface area (TPSA) is 154 Å². The molecule has 0 saturated carbocycles. The molecule has 0 bridgehead atoms. The molecule has 2 fully saturated rings. The summed E-state index contributed by atoms with van der Waals surface area (Å²) in [6, 6.07) is 7.29. The molecule has 0 spiro atoms. The van der Waals surface area contributed by atoms with Gasteiger partial charge >= 0.3 is 6.03 Å². The molecule has 3 heterocycles. The lowest BCUT2D eigenvalue weighted by atomic mass is 10.1. The van der Waals surface area contributed by atoms with Gasteiger partial charge in [0.1, 0.15) is 5.82 Å². The summed E-state index contributed by atoms with van der Waals surface area (Å²) in [5.41, 5.74) is 7.18. The molecule has 194 valence electrons. The van der Waals surface area contributed by atoms with Crippen LogP contribution in [0.5, 0.6) is 0 Å². The average molecular weight is 517 g/mol. The van der Waals surface area contributed by atoms with Crippen molar-refractivity contribution in [2.24, 2.45) is 5.73 Å². The summed E-state index contributed by atoms with van der Waals surface area (Å²) in [6.07, 6.45) is 3.26. The number of urea groups is 1. The van der Waals surface area contributed by atoms with Crippen LogP contribution in [0.25, 0.3) is 0 Å². The van der Waals surface area contributed by atoms with E-state index < -0.39 is 15.7 Å². The van der Waals surface area contributed by atoms with Crippen molar-refractivity contribution in [3.63, 3.8) is 0 Å². The van der Waals surface area contributed by atoms with Crippen molar-refractivity contribution in [1.82, 2.24) is 20.2 Å². The summed E-state index contributed by atoms with van der Waals surface area (Å²) in [5, 5.41) is 6.15. The third-order valence-electron chi connectivity index (χ3n) is 6.31. The van der Waals surface area contributed by atoms with Gasteiger partial charge in [-0.3, -0.25) is 4.79 Å². The molecular weight excluding hydrogens is 484 g/mol. The fraction of sp³-hybridized carbons (Fsp3) is 0.478. The number of amides is 3. The molecule has 36 heavy (non-hydrogen) atoms. The summed E-state index contributed by atoms with van der Waals surface area (Å²) in [7, 11) is 0.447. The molecule has 0 radical (unpaired) electrons. The highest BCUT2D eigenvalue weighted by Crippen LogP contribution is 2.25. The van der Waals surface area contributed by atoms with Crippen LogP contribution in [0.4, 0.5) is 27.8 Å². The predicted molar refractivity (Wildman–Crippen MR) is 139 cm³/mol. The number of carbonyl (C=O) groups is 2. The Morgan fingerprint density at radius 1 is 1.08 bits per heavy atom. The van der Waals surface area contributed by atoms with Gasteiger partial charge < -0.3 is 31.1 Å². The molecule has 3 amide bonds. The maximum absolute atomic E-state index is 12.1. The number of sulfone groups is 1. The lowest BCUT2D eigenvalue weighted by Crippen LogP contribution is -2.50. The second kappa shape index (κ2) is 10.6. The number of primary amides is 1. The van der Waals surface area contributed by atoms with Gasteiger partial charge in [0, 0.05) is 57.7 Å². The van der Waals surface area contributed by atoms with Crippen LogP contribution in [-0.2, 0) is 9.84 Å². The van der Waals surface area contributed by atoms with Crippen molar-refractivity contribution in [3.8, 4) is 0 Å². The van der Waals surface area contributed by atoms with Crippen LogP contribution in [0.1, 0.15) is 23.3 Å². The van der Waals surface area contributed by atoms with Crippen molar-refractivity contribution in [3.05, 3.63) is 36.2 Å². The van der Waals surface area contributed by atoms with Crippen molar-refractivity contribution in [2.75, 3.05) is 66.9 Å². The molecule has 4 rings (SSSR count). The first-order chi connectivity index (χ1) is 17.1. The van der Waals surface area contributed by atoms with Crippen LogP contribution in [0.2, 0.25) is 0 Å². The summed E-state index contributed by atoms with van der Waals surface area (Å²) in [6.45, 7) is 2.24. The van der Waals surface area contributed by atoms with E-state index in [9.17, 15) is 18.0 Å². The summed E-state index contributed by atoms with van der Waals surface area (Å²) >= 11 is 0. The largest absolute Gasteiger partial charge is 0.369 e. The standard InChI is InChI=1S/C23H32N8O4S/c1-29(2)23(33)27-17-4-3-9-31(15-17)19-14-25-20(21(24)32)22(28-19)26-16-5-7-18(8-6-16)30-10-12-36(34,35)13-11-30/h5-8,14,17H,3-4,9-13,15H2,1-2H3,(H2,24,32)(H,26,28)(H,27,33). The highest BCUT2D eigenvalue weighted by molar-refractivity contribution is 7.91. The Balaban J connectivity index is 1.49. The number of hydrogen-bond donors (Lipinski definition) is 3. The van der Waals surface area contributed by atoms with Crippen LogP contribution in [0.15, 0.2) is 30.5 Å². The molecule has 0 aliphatic carbocycles. The van der Waals surface area contributed by atoms with Gasteiger partial charge in [-0.25, -0.2) is 23.2 Å². The minimum atomic E-state index is -2.95. The smallest absolute Gasteiger partial charge is 0.317 e. The Hall–Kier alpha value is -3.61. The zero-order chi connectivity index (χ0) is 25.9. The number of hydrogen-bond acceptors (Lipinski definition) is 9. The Morgan fingerprint density at radius 3 is 2.42 bits per heavy atom. The van der Waals surface area contributed by atoms with Crippen LogP contribution < -0.4 is 26.2 Å². The molecule has 1 aromatic carbocycles. The highest BCUT2D eigenvalue weighted by Gasteiger charge is 2.25. The first-order valence-electron chi connectivity index (χ1n) is 11.8. The van der Waals surface area contributed by atoms with E-state index in [2.05, 4.69) is 20.6 Å². The summed E-state index contributed by atoms with van der Waals surface area (Å²) in [5.74, 6) is 0.423. The van der Waals surface area contributed by atoms with Gasteiger partial charge in [0.25, 0.3) is 5.91 Å². The molecule has 1 unspecified atom stereocenters. The molecule has 1 atom stereocenters. The number of rotatable bonds is 6. The van der Waals surface area contributed by atoms with E-state index >= 15 is 0 Å².